The lowest BCUT2D eigenvalue weighted by atomic mass is 10.1. The highest BCUT2D eigenvalue weighted by Gasteiger charge is 2.11. The number of benzene rings is 1. The molecule has 0 aliphatic heterocycles. The third kappa shape index (κ3) is 3.75. The molecule has 94 valence electrons. The highest BCUT2D eigenvalue weighted by Crippen LogP contribution is 2.15. The number of carbonyl (C=O) groups is 1. The lowest BCUT2D eigenvalue weighted by Gasteiger charge is -2.13. The molecule has 0 radical (unpaired) electrons. The SMILES string of the molecule is COCC(C)CNC(=O)c1cccc(N)c1C. The number of carbonyl (C=O) groups excluding carboxylic acids is 1. The van der Waals surface area contributed by atoms with Gasteiger partial charge in [0.15, 0.2) is 0 Å². The van der Waals surface area contributed by atoms with E-state index in [0.717, 1.165) is 5.56 Å². The molecule has 1 aromatic rings. The summed E-state index contributed by atoms with van der Waals surface area (Å²) in [7, 11) is 1.65. The third-order valence-electron chi connectivity index (χ3n) is 2.68. The molecule has 1 aromatic carbocycles. The van der Waals surface area contributed by atoms with Crippen LogP contribution in [-0.4, -0.2) is 26.2 Å². The number of nitrogens with two attached hydrogens (primary N) is 1. The number of anilines is 1. The quantitative estimate of drug-likeness (QED) is 0.763. The summed E-state index contributed by atoms with van der Waals surface area (Å²) in [5, 5.41) is 2.88. The fourth-order valence-electron chi connectivity index (χ4n) is 1.61. The van der Waals surface area contributed by atoms with E-state index in [2.05, 4.69) is 5.32 Å². The van der Waals surface area contributed by atoms with Gasteiger partial charge in [-0.15, -0.1) is 0 Å². The molecule has 1 rings (SSSR count). The Morgan fingerprint density at radius 2 is 2.24 bits per heavy atom. The van der Waals surface area contributed by atoms with Crippen molar-refractivity contribution in [3.05, 3.63) is 29.3 Å². The second-order valence-electron chi connectivity index (χ2n) is 4.29. The summed E-state index contributed by atoms with van der Waals surface area (Å²) < 4.78 is 5.01. The van der Waals surface area contributed by atoms with E-state index in [9.17, 15) is 4.79 Å². The Bertz CT molecular complexity index is 391. The smallest absolute Gasteiger partial charge is 0.251 e. The van der Waals surface area contributed by atoms with E-state index >= 15 is 0 Å². The molecule has 3 N–H and O–H groups in total. The van der Waals surface area contributed by atoms with Gasteiger partial charge >= 0.3 is 0 Å². The second kappa shape index (κ2) is 6.25. The number of hydrogen-bond acceptors (Lipinski definition) is 3. The van der Waals surface area contributed by atoms with Crippen molar-refractivity contribution in [1.29, 1.82) is 0 Å². The van der Waals surface area contributed by atoms with Crippen molar-refractivity contribution in [1.82, 2.24) is 5.32 Å². The molecule has 4 nitrogen and oxygen atoms in total. The largest absolute Gasteiger partial charge is 0.398 e. The van der Waals surface area contributed by atoms with Crippen molar-refractivity contribution in [2.45, 2.75) is 13.8 Å². The summed E-state index contributed by atoms with van der Waals surface area (Å²) in [5.74, 6) is 0.211. The fraction of sp³-hybridized carbons (Fsp3) is 0.462. The molecule has 0 bridgehead atoms. The predicted molar refractivity (Wildman–Crippen MR) is 69.0 cm³/mol. The maximum atomic E-state index is 11.9. The minimum absolute atomic E-state index is 0.0854. The molecule has 1 unspecified atom stereocenters. The van der Waals surface area contributed by atoms with E-state index in [1.165, 1.54) is 0 Å². The van der Waals surface area contributed by atoms with Crippen LogP contribution in [0.5, 0.6) is 0 Å². The summed E-state index contributed by atoms with van der Waals surface area (Å²) in [6, 6.07) is 5.36. The van der Waals surface area contributed by atoms with Crippen molar-refractivity contribution in [3.63, 3.8) is 0 Å². The van der Waals surface area contributed by atoms with Crippen LogP contribution in [0.15, 0.2) is 18.2 Å². The van der Waals surface area contributed by atoms with Gasteiger partial charge in [-0.25, -0.2) is 0 Å². The Kier molecular flexibility index (Phi) is 4.97. The molecule has 0 saturated carbocycles. The molecule has 0 fully saturated rings. The van der Waals surface area contributed by atoms with E-state index in [1.807, 2.05) is 13.8 Å². The van der Waals surface area contributed by atoms with Crippen LogP contribution in [0.25, 0.3) is 0 Å². The third-order valence-corrected chi connectivity index (χ3v) is 2.68. The average molecular weight is 236 g/mol. The number of hydrogen-bond donors (Lipinski definition) is 2. The highest BCUT2D eigenvalue weighted by molar-refractivity contribution is 5.96. The van der Waals surface area contributed by atoms with Gasteiger partial charge in [-0.1, -0.05) is 13.0 Å². The average Bonchev–Trinajstić information content (AvgIpc) is 2.30. The lowest BCUT2D eigenvalue weighted by molar-refractivity contribution is 0.0933. The van der Waals surface area contributed by atoms with Gasteiger partial charge in [-0.3, -0.25) is 4.79 Å². The monoisotopic (exact) mass is 236 g/mol. The topological polar surface area (TPSA) is 64.3 Å². The molecule has 0 heterocycles. The van der Waals surface area contributed by atoms with Crippen molar-refractivity contribution in [2.24, 2.45) is 5.92 Å². The van der Waals surface area contributed by atoms with Crippen LogP contribution in [0.2, 0.25) is 0 Å². The normalized spacial score (nSPS) is 12.2. The maximum absolute atomic E-state index is 11.9. The van der Waals surface area contributed by atoms with Crippen LogP contribution >= 0.6 is 0 Å². The highest BCUT2D eigenvalue weighted by atomic mass is 16.5. The first-order valence-corrected chi connectivity index (χ1v) is 5.68. The molecule has 4 heteroatoms. The minimum Gasteiger partial charge on any atom is -0.398 e. The first-order valence-electron chi connectivity index (χ1n) is 5.68. The Balaban J connectivity index is 2.61. The molecule has 1 atom stereocenters. The fourth-order valence-corrected chi connectivity index (χ4v) is 1.61. The van der Waals surface area contributed by atoms with Gasteiger partial charge in [0.2, 0.25) is 0 Å². The van der Waals surface area contributed by atoms with Gasteiger partial charge in [0.25, 0.3) is 5.91 Å². The van der Waals surface area contributed by atoms with E-state index in [0.29, 0.717) is 30.3 Å². The van der Waals surface area contributed by atoms with E-state index in [4.69, 9.17) is 10.5 Å². The van der Waals surface area contributed by atoms with Crippen LogP contribution in [0.1, 0.15) is 22.8 Å². The van der Waals surface area contributed by atoms with Gasteiger partial charge in [0.05, 0.1) is 6.61 Å². The maximum Gasteiger partial charge on any atom is 0.251 e. The Labute approximate surface area is 102 Å². The standard InChI is InChI=1S/C13H20N2O2/c1-9(8-17-3)7-15-13(16)11-5-4-6-12(14)10(11)2/h4-6,9H,7-8,14H2,1-3H3,(H,15,16). The second-order valence-corrected chi connectivity index (χ2v) is 4.29. The van der Waals surface area contributed by atoms with E-state index in [1.54, 1.807) is 25.3 Å². The molecule has 0 spiro atoms. The Morgan fingerprint density at radius 3 is 2.88 bits per heavy atom. The van der Waals surface area contributed by atoms with Crippen LogP contribution in [0, 0.1) is 12.8 Å². The predicted octanol–water partition coefficient (Wildman–Crippen LogP) is 1.59. The van der Waals surface area contributed by atoms with Gasteiger partial charge in [-0.2, -0.15) is 0 Å². The zero-order chi connectivity index (χ0) is 12.8. The van der Waals surface area contributed by atoms with Gasteiger partial charge in [0.1, 0.15) is 0 Å². The van der Waals surface area contributed by atoms with Gasteiger partial charge in [0, 0.05) is 24.9 Å². The molecule has 0 aliphatic rings. The summed E-state index contributed by atoms with van der Waals surface area (Å²) in [6.07, 6.45) is 0. The van der Waals surface area contributed by atoms with Crippen LogP contribution in [0.3, 0.4) is 0 Å². The molecular weight excluding hydrogens is 216 g/mol. The lowest BCUT2D eigenvalue weighted by Crippen LogP contribution is -2.30. The molecule has 1 amide bonds. The zero-order valence-electron chi connectivity index (χ0n) is 10.6. The number of nitrogens with one attached hydrogen (secondary N) is 1. The number of nitrogen functional groups attached to an aromatic ring is 1. The van der Waals surface area contributed by atoms with Gasteiger partial charge < -0.3 is 15.8 Å². The van der Waals surface area contributed by atoms with Crippen molar-refractivity contribution >= 4 is 11.6 Å². The minimum atomic E-state index is -0.0854. The number of ether oxygens (including phenoxy) is 1. The van der Waals surface area contributed by atoms with E-state index in [-0.39, 0.29) is 5.91 Å². The summed E-state index contributed by atoms with van der Waals surface area (Å²) in [6.45, 7) is 5.11. The molecule has 0 aromatic heterocycles. The van der Waals surface area contributed by atoms with E-state index < -0.39 is 0 Å². The van der Waals surface area contributed by atoms with Crippen molar-refractivity contribution in [2.75, 3.05) is 26.0 Å². The first kappa shape index (κ1) is 13.5. The summed E-state index contributed by atoms with van der Waals surface area (Å²) in [4.78, 5) is 11.9. The molecular formula is C13H20N2O2. The number of methoxy groups -OCH3 is 1. The number of rotatable bonds is 5. The van der Waals surface area contributed by atoms with Crippen LogP contribution < -0.4 is 11.1 Å². The Hall–Kier alpha value is -1.55. The summed E-state index contributed by atoms with van der Waals surface area (Å²) in [5.41, 5.74) is 7.86. The number of amides is 1. The first-order chi connectivity index (χ1) is 8.06. The van der Waals surface area contributed by atoms with Crippen molar-refractivity contribution in [3.8, 4) is 0 Å². The molecule has 17 heavy (non-hydrogen) atoms. The molecule has 0 aliphatic carbocycles. The van der Waals surface area contributed by atoms with Gasteiger partial charge in [-0.05, 0) is 30.5 Å². The van der Waals surface area contributed by atoms with Crippen LogP contribution in [-0.2, 0) is 4.74 Å². The summed E-state index contributed by atoms with van der Waals surface area (Å²) >= 11 is 0. The zero-order valence-corrected chi connectivity index (χ0v) is 10.6. The van der Waals surface area contributed by atoms with Crippen molar-refractivity contribution < 1.29 is 9.53 Å². The Morgan fingerprint density at radius 1 is 1.53 bits per heavy atom. The molecule has 0 saturated heterocycles. The van der Waals surface area contributed by atoms with Crippen LogP contribution in [0.4, 0.5) is 5.69 Å².